The van der Waals surface area contributed by atoms with E-state index in [-0.39, 0.29) is 0 Å². The molecule has 0 aliphatic carbocycles. The maximum atomic E-state index is 5.34. The van der Waals surface area contributed by atoms with Gasteiger partial charge in [-0.2, -0.15) is 0 Å². The summed E-state index contributed by atoms with van der Waals surface area (Å²) in [5.74, 6) is 1.94. The summed E-state index contributed by atoms with van der Waals surface area (Å²) in [5.41, 5.74) is 2.28. The van der Waals surface area contributed by atoms with Crippen molar-refractivity contribution in [3.05, 3.63) is 65.5 Å². The molecule has 3 rings (SSSR count). The first-order valence-electron chi connectivity index (χ1n) is 9.03. The zero-order valence-corrected chi connectivity index (χ0v) is 15.6. The van der Waals surface area contributed by atoms with Crippen molar-refractivity contribution in [1.29, 1.82) is 0 Å². The van der Waals surface area contributed by atoms with Crippen molar-refractivity contribution < 1.29 is 4.52 Å². The van der Waals surface area contributed by atoms with Crippen LogP contribution in [0.15, 0.2) is 58.0 Å². The van der Waals surface area contributed by atoms with Crippen LogP contribution < -0.4 is 10.6 Å². The summed E-state index contributed by atoms with van der Waals surface area (Å²) in [5, 5.41) is 13.2. The van der Waals surface area contributed by atoms with Gasteiger partial charge in [-0.15, -0.1) is 0 Å². The number of hydrogen-bond donors (Lipinski definition) is 2. The van der Waals surface area contributed by atoms with Crippen molar-refractivity contribution in [2.75, 3.05) is 13.6 Å². The highest BCUT2D eigenvalue weighted by Crippen LogP contribution is 2.16. The van der Waals surface area contributed by atoms with Gasteiger partial charge in [0.05, 0.1) is 12.2 Å². The number of benzene rings is 2. The molecule has 1 aromatic heterocycles. The smallest absolute Gasteiger partial charge is 0.191 e. The molecule has 2 N–H and O–H groups in total. The molecule has 0 spiro atoms. The van der Waals surface area contributed by atoms with Crippen LogP contribution in [0.1, 0.15) is 36.8 Å². The molecular formula is C21H26N4O. The summed E-state index contributed by atoms with van der Waals surface area (Å²) in [6.45, 7) is 5.58. The van der Waals surface area contributed by atoms with Crippen molar-refractivity contribution in [3.63, 3.8) is 0 Å². The Morgan fingerprint density at radius 2 is 1.88 bits per heavy atom. The Morgan fingerprint density at radius 1 is 1.08 bits per heavy atom. The van der Waals surface area contributed by atoms with E-state index in [1.54, 1.807) is 7.05 Å². The first-order valence-corrected chi connectivity index (χ1v) is 9.03. The second-order valence-corrected chi connectivity index (χ2v) is 6.66. The number of nitrogens with one attached hydrogen (secondary N) is 2. The highest BCUT2D eigenvalue weighted by molar-refractivity contribution is 5.83. The fraction of sp³-hybridized carbons (Fsp3) is 0.333. The third-order valence-electron chi connectivity index (χ3n) is 4.34. The summed E-state index contributed by atoms with van der Waals surface area (Å²) in [4.78, 5) is 4.26. The Balaban J connectivity index is 1.48. The second kappa shape index (κ2) is 8.52. The molecule has 0 saturated carbocycles. The van der Waals surface area contributed by atoms with Crippen LogP contribution in [0.2, 0.25) is 0 Å². The van der Waals surface area contributed by atoms with Crippen molar-refractivity contribution in [1.82, 2.24) is 15.8 Å². The van der Waals surface area contributed by atoms with E-state index in [4.69, 9.17) is 4.52 Å². The molecule has 3 aromatic rings. The Morgan fingerprint density at radius 3 is 2.62 bits per heavy atom. The molecule has 1 heterocycles. The van der Waals surface area contributed by atoms with Crippen LogP contribution in [-0.2, 0) is 13.0 Å². The van der Waals surface area contributed by atoms with Gasteiger partial charge in [0, 0.05) is 19.7 Å². The first-order chi connectivity index (χ1) is 12.7. The number of aromatic nitrogens is 1. The lowest BCUT2D eigenvalue weighted by molar-refractivity contribution is 0.372. The van der Waals surface area contributed by atoms with Crippen molar-refractivity contribution in [2.45, 2.75) is 32.7 Å². The van der Waals surface area contributed by atoms with Gasteiger partial charge in [0.2, 0.25) is 0 Å². The van der Waals surface area contributed by atoms with Crippen LogP contribution in [-0.4, -0.2) is 24.7 Å². The van der Waals surface area contributed by atoms with Gasteiger partial charge < -0.3 is 15.2 Å². The SMILES string of the molecule is CN=C(NCCc1ccc2ccccc2c1)NCc1cc(C(C)C)no1. The van der Waals surface area contributed by atoms with E-state index < -0.39 is 0 Å². The standard InChI is InChI=1S/C21H26N4O/c1-15(2)20-13-19(26-25-20)14-24-21(22-3)23-11-10-16-8-9-17-6-4-5-7-18(17)12-16/h4-9,12-13,15H,10-11,14H2,1-3H3,(H2,22,23,24). The zero-order valence-electron chi connectivity index (χ0n) is 15.6. The molecule has 5 heteroatoms. The highest BCUT2D eigenvalue weighted by Gasteiger charge is 2.08. The molecule has 0 atom stereocenters. The number of rotatable bonds is 6. The van der Waals surface area contributed by atoms with Gasteiger partial charge in [0.25, 0.3) is 0 Å². The van der Waals surface area contributed by atoms with Gasteiger partial charge in [-0.05, 0) is 28.7 Å². The normalized spacial score (nSPS) is 11.9. The maximum absolute atomic E-state index is 5.34. The number of hydrogen-bond acceptors (Lipinski definition) is 3. The van der Waals surface area contributed by atoms with E-state index in [1.807, 2.05) is 6.07 Å². The topological polar surface area (TPSA) is 62.5 Å². The Bertz CT molecular complexity index is 882. The Hall–Kier alpha value is -2.82. The lowest BCUT2D eigenvalue weighted by atomic mass is 10.1. The van der Waals surface area contributed by atoms with Gasteiger partial charge in [-0.25, -0.2) is 0 Å². The Kier molecular flexibility index (Phi) is 5.89. The Labute approximate surface area is 154 Å². The zero-order chi connectivity index (χ0) is 18.4. The maximum Gasteiger partial charge on any atom is 0.191 e. The average molecular weight is 350 g/mol. The van der Waals surface area contributed by atoms with Crippen molar-refractivity contribution >= 4 is 16.7 Å². The van der Waals surface area contributed by atoms with Crippen LogP contribution in [0.25, 0.3) is 10.8 Å². The molecule has 26 heavy (non-hydrogen) atoms. The first kappa shape index (κ1) is 18.0. The number of aliphatic imine (C=N–C) groups is 1. The van der Waals surface area contributed by atoms with E-state index in [2.05, 4.69) is 77.1 Å². The third kappa shape index (κ3) is 4.63. The fourth-order valence-electron chi connectivity index (χ4n) is 2.80. The molecule has 0 aliphatic heterocycles. The van der Waals surface area contributed by atoms with Gasteiger partial charge in [-0.3, -0.25) is 4.99 Å². The summed E-state index contributed by atoms with van der Waals surface area (Å²) < 4.78 is 5.34. The third-order valence-corrected chi connectivity index (χ3v) is 4.34. The summed E-state index contributed by atoms with van der Waals surface area (Å²) in [7, 11) is 1.77. The van der Waals surface area contributed by atoms with Gasteiger partial charge in [0.15, 0.2) is 11.7 Å². The van der Waals surface area contributed by atoms with Crippen LogP contribution >= 0.6 is 0 Å². The van der Waals surface area contributed by atoms with Gasteiger partial charge in [-0.1, -0.05) is 61.5 Å². The molecule has 0 unspecified atom stereocenters. The van der Waals surface area contributed by atoms with Crippen LogP contribution in [0.4, 0.5) is 0 Å². The van der Waals surface area contributed by atoms with Crippen molar-refractivity contribution in [3.8, 4) is 0 Å². The minimum Gasteiger partial charge on any atom is -0.359 e. The molecule has 2 aromatic carbocycles. The molecule has 136 valence electrons. The number of fused-ring (bicyclic) bond motifs is 1. The van der Waals surface area contributed by atoms with Gasteiger partial charge in [0.1, 0.15) is 0 Å². The molecule has 0 aliphatic rings. The second-order valence-electron chi connectivity index (χ2n) is 6.66. The molecule has 0 amide bonds. The van der Waals surface area contributed by atoms with E-state index in [9.17, 15) is 0 Å². The number of nitrogens with zero attached hydrogens (tertiary/aromatic N) is 2. The van der Waals surface area contributed by atoms with Crippen LogP contribution in [0.3, 0.4) is 0 Å². The summed E-state index contributed by atoms with van der Waals surface area (Å²) >= 11 is 0. The molecular weight excluding hydrogens is 324 g/mol. The van der Waals surface area contributed by atoms with E-state index in [1.165, 1.54) is 16.3 Å². The van der Waals surface area contributed by atoms with E-state index >= 15 is 0 Å². The molecule has 0 saturated heterocycles. The quantitative estimate of drug-likeness (QED) is 0.523. The molecule has 0 radical (unpaired) electrons. The lowest BCUT2D eigenvalue weighted by Crippen LogP contribution is -2.37. The van der Waals surface area contributed by atoms with Gasteiger partial charge >= 0.3 is 0 Å². The highest BCUT2D eigenvalue weighted by atomic mass is 16.5. The molecule has 0 bridgehead atoms. The summed E-state index contributed by atoms with van der Waals surface area (Å²) in [6, 6.07) is 17.0. The minimum absolute atomic E-state index is 0.367. The van der Waals surface area contributed by atoms with Crippen LogP contribution in [0, 0.1) is 0 Å². The predicted molar refractivity (Wildman–Crippen MR) is 106 cm³/mol. The molecule has 0 fully saturated rings. The van der Waals surface area contributed by atoms with Crippen molar-refractivity contribution in [2.24, 2.45) is 4.99 Å². The minimum atomic E-state index is 0.367. The largest absolute Gasteiger partial charge is 0.359 e. The monoisotopic (exact) mass is 350 g/mol. The van der Waals surface area contributed by atoms with E-state index in [0.717, 1.165) is 30.4 Å². The average Bonchev–Trinajstić information content (AvgIpc) is 3.14. The van der Waals surface area contributed by atoms with E-state index in [0.29, 0.717) is 12.5 Å². The predicted octanol–water partition coefficient (Wildman–Crippen LogP) is 3.86. The lowest BCUT2D eigenvalue weighted by Gasteiger charge is -2.11. The molecule has 5 nitrogen and oxygen atoms in total. The number of guanidine groups is 1. The van der Waals surface area contributed by atoms with Crippen LogP contribution in [0.5, 0.6) is 0 Å². The fourth-order valence-corrected chi connectivity index (χ4v) is 2.80. The summed E-state index contributed by atoms with van der Waals surface area (Å²) in [6.07, 6.45) is 0.936.